The quantitative estimate of drug-likeness (QED) is 0.674. The highest BCUT2D eigenvalue weighted by molar-refractivity contribution is 5.77. The Kier molecular flexibility index (Phi) is 2.92. The highest BCUT2D eigenvalue weighted by Gasteiger charge is 2.41. The molecule has 0 aromatic carbocycles. The third-order valence-corrected chi connectivity index (χ3v) is 1.60. The zero-order valence-electron chi connectivity index (χ0n) is 7.92. The maximum atomic E-state index is 11.8. The van der Waals surface area contributed by atoms with Crippen LogP contribution in [0.5, 0.6) is 5.88 Å². The SMILES string of the molecule is Cc1ncc(OC(=O)C(F)(F)F)nc1C. The van der Waals surface area contributed by atoms with E-state index in [2.05, 4.69) is 14.7 Å². The van der Waals surface area contributed by atoms with Gasteiger partial charge in [-0.2, -0.15) is 13.2 Å². The molecule has 0 saturated heterocycles. The molecule has 1 aromatic rings. The van der Waals surface area contributed by atoms with Crippen LogP contribution in [0, 0.1) is 13.8 Å². The lowest BCUT2D eigenvalue weighted by Crippen LogP contribution is -2.28. The van der Waals surface area contributed by atoms with Gasteiger partial charge in [0.25, 0.3) is 0 Å². The number of hydrogen-bond donors (Lipinski definition) is 0. The van der Waals surface area contributed by atoms with E-state index in [0.29, 0.717) is 11.4 Å². The smallest absolute Gasteiger partial charge is 0.399 e. The summed E-state index contributed by atoms with van der Waals surface area (Å²) in [5.41, 5.74) is 0.962. The fraction of sp³-hybridized carbons (Fsp3) is 0.375. The van der Waals surface area contributed by atoms with Gasteiger partial charge in [0.1, 0.15) is 0 Å². The first-order valence-electron chi connectivity index (χ1n) is 3.90. The summed E-state index contributed by atoms with van der Waals surface area (Å²) >= 11 is 0. The molecule has 1 heterocycles. The Labute approximate surface area is 83.1 Å². The van der Waals surface area contributed by atoms with Crippen LogP contribution in [0.3, 0.4) is 0 Å². The highest BCUT2D eigenvalue weighted by atomic mass is 19.4. The summed E-state index contributed by atoms with van der Waals surface area (Å²) in [5, 5.41) is 0. The molecule has 0 aliphatic rings. The molecule has 0 aliphatic heterocycles. The van der Waals surface area contributed by atoms with Gasteiger partial charge in [0.2, 0.25) is 5.88 Å². The summed E-state index contributed by atoms with van der Waals surface area (Å²) in [6.45, 7) is 3.19. The first-order chi connectivity index (χ1) is 6.80. The summed E-state index contributed by atoms with van der Waals surface area (Å²) in [5.74, 6) is -2.76. The predicted molar refractivity (Wildman–Crippen MR) is 43.2 cm³/mol. The number of carbonyl (C=O) groups excluding carboxylic acids is 1. The molecule has 1 rings (SSSR count). The number of ether oxygens (including phenoxy) is 1. The number of nitrogens with zero attached hydrogens (tertiary/aromatic N) is 2. The van der Waals surface area contributed by atoms with Gasteiger partial charge in [-0.25, -0.2) is 9.78 Å². The van der Waals surface area contributed by atoms with Gasteiger partial charge in [-0.15, -0.1) is 0 Å². The van der Waals surface area contributed by atoms with Crippen LogP contribution in [0.2, 0.25) is 0 Å². The van der Waals surface area contributed by atoms with E-state index in [9.17, 15) is 18.0 Å². The molecule has 0 saturated carbocycles. The monoisotopic (exact) mass is 220 g/mol. The number of aromatic nitrogens is 2. The molecule has 0 radical (unpaired) electrons. The lowest BCUT2D eigenvalue weighted by atomic mass is 10.4. The predicted octanol–water partition coefficient (Wildman–Crippen LogP) is 1.56. The normalized spacial score (nSPS) is 11.3. The lowest BCUT2D eigenvalue weighted by molar-refractivity contribution is -0.190. The van der Waals surface area contributed by atoms with Gasteiger partial charge >= 0.3 is 12.1 Å². The van der Waals surface area contributed by atoms with Crippen LogP contribution in [-0.2, 0) is 4.79 Å². The average Bonchev–Trinajstić information content (AvgIpc) is 2.10. The Morgan fingerprint density at radius 2 is 1.93 bits per heavy atom. The van der Waals surface area contributed by atoms with Crippen molar-refractivity contribution in [3.63, 3.8) is 0 Å². The van der Waals surface area contributed by atoms with Crippen LogP contribution in [0.1, 0.15) is 11.4 Å². The van der Waals surface area contributed by atoms with Gasteiger partial charge in [0, 0.05) is 0 Å². The molecule has 0 spiro atoms. The van der Waals surface area contributed by atoms with Crippen molar-refractivity contribution in [1.82, 2.24) is 9.97 Å². The fourth-order valence-corrected chi connectivity index (χ4v) is 0.723. The molecule has 0 fully saturated rings. The van der Waals surface area contributed by atoms with Crippen LogP contribution in [-0.4, -0.2) is 22.1 Å². The van der Waals surface area contributed by atoms with Gasteiger partial charge in [-0.05, 0) is 13.8 Å². The third-order valence-electron chi connectivity index (χ3n) is 1.60. The van der Waals surface area contributed by atoms with Gasteiger partial charge < -0.3 is 4.74 Å². The van der Waals surface area contributed by atoms with E-state index in [-0.39, 0.29) is 0 Å². The van der Waals surface area contributed by atoms with Crippen molar-refractivity contribution in [2.45, 2.75) is 20.0 Å². The van der Waals surface area contributed by atoms with Crippen molar-refractivity contribution in [3.8, 4) is 5.88 Å². The first kappa shape index (κ1) is 11.4. The molecular weight excluding hydrogens is 213 g/mol. The minimum atomic E-state index is -5.03. The van der Waals surface area contributed by atoms with Crippen molar-refractivity contribution < 1.29 is 22.7 Å². The minimum Gasteiger partial charge on any atom is -0.399 e. The molecule has 0 N–H and O–H groups in total. The number of rotatable bonds is 1. The first-order valence-corrected chi connectivity index (χ1v) is 3.90. The molecule has 0 atom stereocenters. The molecule has 0 unspecified atom stereocenters. The van der Waals surface area contributed by atoms with E-state index in [1.807, 2.05) is 0 Å². The van der Waals surface area contributed by atoms with Crippen molar-refractivity contribution in [2.75, 3.05) is 0 Å². The van der Waals surface area contributed by atoms with Crippen LogP contribution < -0.4 is 4.74 Å². The van der Waals surface area contributed by atoms with Gasteiger partial charge in [-0.3, -0.25) is 4.98 Å². The number of carbonyl (C=O) groups is 1. The molecule has 0 aliphatic carbocycles. The molecule has 1 aromatic heterocycles. The zero-order chi connectivity index (χ0) is 11.6. The molecule has 4 nitrogen and oxygen atoms in total. The van der Waals surface area contributed by atoms with E-state index < -0.39 is 18.0 Å². The Balaban J connectivity index is 2.83. The number of aryl methyl sites for hydroxylation is 2. The lowest BCUT2D eigenvalue weighted by Gasteiger charge is -2.06. The van der Waals surface area contributed by atoms with Crippen LogP contribution in [0.15, 0.2) is 6.20 Å². The van der Waals surface area contributed by atoms with Crippen molar-refractivity contribution in [3.05, 3.63) is 17.6 Å². The van der Waals surface area contributed by atoms with Crippen molar-refractivity contribution in [2.24, 2.45) is 0 Å². The Morgan fingerprint density at radius 3 is 2.40 bits per heavy atom. The number of esters is 1. The van der Waals surface area contributed by atoms with E-state index >= 15 is 0 Å². The standard InChI is InChI=1S/C8H7F3N2O2/c1-4-5(2)13-6(3-12-4)15-7(14)8(9,10)11/h3H,1-2H3. The highest BCUT2D eigenvalue weighted by Crippen LogP contribution is 2.18. The van der Waals surface area contributed by atoms with Gasteiger partial charge in [0.05, 0.1) is 17.6 Å². The maximum absolute atomic E-state index is 11.8. The van der Waals surface area contributed by atoms with Gasteiger partial charge in [0.15, 0.2) is 0 Å². The van der Waals surface area contributed by atoms with E-state index in [1.54, 1.807) is 13.8 Å². The molecule has 0 bridgehead atoms. The van der Waals surface area contributed by atoms with E-state index in [1.165, 1.54) is 0 Å². The largest absolute Gasteiger partial charge is 0.491 e. The Bertz CT molecular complexity index is 390. The number of halogens is 3. The maximum Gasteiger partial charge on any atom is 0.491 e. The third kappa shape index (κ3) is 2.90. The van der Waals surface area contributed by atoms with Crippen molar-refractivity contribution in [1.29, 1.82) is 0 Å². The van der Waals surface area contributed by atoms with Crippen molar-refractivity contribution >= 4 is 5.97 Å². The zero-order valence-corrected chi connectivity index (χ0v) is 7.92. The fourth-order valence-electron chi connectivity index (χ4n) is 0.723. The molecule has 7 heteroatoms. The molecule has 82 valence electrons. The second-order valence-electron chi connectivity index (χ2n) is 2.77. The van der Waals surface area contributed by atoms with Crippen LogP contribution in [0.4, 0.5) is 13.2 Å². The summed E-state index contributed by atoms with van der Waals surface area (Å²) < 4.78 is 39.4. The van der Waals surface area contributed by atoms with Crippen LogP contribution in [0.25, 0.3) is 0 Å². The number of hydrogen-bond acceptors (Lipinski definition) is 4. The minimum absolute atomic E-state index is 0.405. The average molecular weight is 220 g/mol. The molecule has 15 heavy (non-hydrogen) atoms. The summed E-state index contributed by atoms with van der Waals surface area (Å²) in [4.78, 5) is 17.7. The topological polar surface area (TPSA) is 52.1 Å². The Hall–Kier alpha value is -1.66. The van der Waals surface area contributed by atoms with Gasteiger partial charge in [-0.1, -0.05) is 0 Å². The summed E-state index contributed by atoms with van der Waals surface area (Å²) in [6, 6.07) is 0. The summed E-state index contributed by atoms with van der Waals surface area (Å²) in [6.07, 6.45) is -4.06. The molecule has 0 amide bonds. The van der Waals surface area contributed by atoms with Crippen LogP contribution >= 0.6 is 0 Å². The summed E-state index contributed by atoms with van der Waals surface area (Å²) in [7, 11) is 0. The Morgan fingerprint density at radius 1 is 1.33 bits per heavy atom. The number of alkyl halides is 3. The van der Waals surface area contributed by atoms with E-state index in [4.69, 9.17) is 0 Å². The second-order valence-corrected chi connectivity index (χ2v) is 2.77. The van der Waals surface area contributed by atoms with E-state index in [0.717, 1.165) is 6.20 Å². The second kappa shape index (κ2) is 3.84. The molecular formula is C8H7F3N2O2.